The summed E-state index contributed by atoms with van der Waals surface area (Å²) in [6, 6.07) is 2.26. The SMILES string of the molecule is CNCCc1cc(C2CC2)n(C)n1. The fourth-order valence-corrected chi connectivity index (χ4v) is 1.68. The first-order valence-electron chi connectivity index (χ1n) is 4.98. The van der Waals surface area contributed by atoms with Gasteiger partial charge in [0, 0.05) is 31.6 Å². The predicted octanol–water partition coefficient (Wildman–Crippen LogP) is 1.06. The molecule has 1 N–H and O–H groups in total. The summed E-state index contributed by atoms with van der Waals surface area (Å²) in [7, 11) is 4.03. The molecule has 3 nitrogen and oxygen atoms in total. The molecule has 1 aromatic rings. The largest absolute Gasteiger partial charge is 0.319 e. The molecule has 0 atom stereocenters. The average Bonchev–Trinajstić information content (AvgIpc) is 2.88. The summed E-state index contributed by atoms with van der Waals surface area (Å²) in [5.41, 5.74) is 2.64. The average molecular weight is 179 g/mol. The number of nitrogens with one attached hydrogen (secondary N) is 1. The van der Waals surface area contributed by atoms with Gasteiger partial charge in [-0.3, -0.25) is 4.68 Å². The van der Waals surface area contributed by atoms with E-state index in [1.165, 1.54) is 24.2 Å². The lowest BCUT2D eigenvalue weighted by atomic mass is 10.2. The summed E-state index contributed by atoms with van der Waals surface area (Å²) in [6.45, 7) is 1.01. The predicted molar refractivity (Wildman–Crippen MR) is 52.8 cm³/mol. The van der Waals surface area contributed by atoms with Gasteiger partial charge in [-0.1, -0.05) is 0 Å². The van der Waals surface area contributed by atoms with Crippen LogP contribution < -0.4 is 5.32 Å². The van der Waals surface area contributed by atoms with E-state index in [0.29, 0.717) is 0 Å². The van der Waals surface area contributed by atoms with E-state index in [2.05, 4.69) is 23.5 Å². The van der Waals surface area contributed by atoms with E-state index < -0.39 is 0 Å². The van der Waals surface area contributed by atoms with Crippen molar-refractivity contribution in [3.63, 3.8) is 0 Å². The molecule has 3 heteroatoms. The Balaban J connectivity index is 2.05. The van der Waals surface area contributed by atoms with Crippen LogP contribution in [-0.2, 0) is 13.5 Å². The minimum atomic E-state index is 0.806. The number of nitrogens with zero attached hydrogens (tertiary/aromatic N) is 2. The van der Waals surface area contributed by atoms with Gasteiger partial charge in [0.2, 0.25) is 0 Å². The monoisotopic (exact) mass is 179 g/mol. The van der Waals surface area contributed by atoms with E-state index in [-0.39, 0.29) is 0 Å². The third-order valence-electron chi connectivity index (χ3n) is 2.59. The van der Waals surface area contributed by atoms with Crippen LogP contribution in [0.3, 0.4) is 0 Å². The number of rotatable bonds is 4. The molecule has 0 saturated heterocycles. The van der Waals surface area contributed by atoms with Crippen LogP contribution in [0.4, 0.5) is 0 Å². The lowest BCUT2D eigenvalue weighted by Crippen LogP contribution is -2.10. The minimum absolute atomic E-state index is 0.806. The topological polar surface area (TPSA) is 29.9 Å². The van der Waals surface area contributed by atoms with Crippen molar-refractivity contribution < 1.29 is 0 Å². The molecular formula is C10H17N3. The van der Waals surface area contributed by atoms with Crippen LogP contribution in [0.25, 0.3) is 0 Å². The smallest absolute Gasteiger partial charge is 0.0640 e. The molecular weight excluding hydrogens is 162 g/mol. The lowest BCUT2D eigenvalue weighted by Gasteiger charge is -1.95. The number of likely N-dealkylation sites (N-methyl/N-ethyl adjacent to an activating group) is 1. The van der Waals surface area contributed by atoms with Gasteiger partial charge in [0.25, 0.3) is 0 Å². The van der Waals surface area contributed by atoms with Crippen LogP contribution in [0.1, 0.15) is 30.1 Å². The second-order valence-corrected chi connectivity index (χ2v) is 3.81. The van der Waals surface area contributed by atoms with Gasteiger partial charge >= 0.3 is 0 Å². The van der Waals surface area contributed by atoms with E-state index in [1.807, 2.05) is 11.7 Å². The van der Waals surface area contributed by atoms with Crippen LogP contribution in [0.15, 0.2) is 6.07 Å². The summed E-state index contributed by atoms with van der Waals surface area (Å²) in [5.74, 6) is 0.806. The van der Waals surface area contributed by atoms with Gasteiger partial charge < -0.3 is 5.32 Å². The Morgan fingerprint density at radius 2 is 2.38 bits per heavy atom. The summed E-state index contributed by atoms with van der Waals surface area (Å²) >= 11 is 0. The molecule has 1 heterocycles. The Bertz CT molecular complexity index is 286. The van der Waals surface area contributed by atoms with Crippen molar-refractivity contribution in [3.8, 4) is 0 Å². The maximum absolute atomic E-state index is 4.49. The Morgan fingerprint density at radius 3 is 3.00 bits per heavy atom. The van der Waals surface area contributed by atoms with Crippen molar-refractivity contribution in [2.45, 2.75) is 25.2 Å². The second-order valence-electron chi connectivity index (χ2n) is 3.81. The molecule has 0 bridgehead atoms. The quantitative estimate of drug-likeness (QED) is 0.749. The molecule has 0 unspecified atom stereocenters. The molecule has 13 heavy (non-hydrogen) atoms. The van der Waals surface area contributed by atoms with Gasteiger partial charge in [-0.05, 0) is 26.0 Å². The lowest BCUT2D eigenvalue weighted by molar-refractivity contribution is 0.688. The molecule has 1 aromatic heterocycles. The second kappa shape index (κ2) is 3.50. The maximum atomic E-state index is 4.49. The molecule has 1 fully saturated rings. The van der Waals surface area contributed by atoms with Crippen LogP contribution >= 0.6 is 0 Å². The van der Waals surface area contributed by atoms with Crippen LogP contribution in [-0.4, -0.2) is 23.4 Å². The zero-order chi connectivity index (χ0) is 9.26. The van der Waals surface area contributed by atoms with Gasteiger partial charge in [-0.25, -0.2) is 0 Å². The van der Waals surface area contributed by atoms with E-state index in [9.17, 15) is 0 Å². The third-order valence-corrected chi connectivity index (χ3v) is 2.59. The first kappa shape index (κ1) is 8.75. The van der Waals surface area contributed by atoms with Crippen LogP contribution in [0.2, 0.25) is 0 Å². The van der Waals surface area contributed by atoms with Crippen molar-refractivity contribution in [1.82, 2.24) is 15.1 Å². The van der Waals surface area contributed by atoms with Crippen LogP contribution in [0.5, 0.6) is 0 Å². The highest BCUT2D eigenvalue weighted by molar-refractivity contribution is 5.19. The van der Waals surface area contributed by atoms with Crippen molar-refractivity contribution in [2.24, 2.45) is 7.05 Å². The van der Waals surface area contributed by atoms with E-state index >= 15 is 0 Å². The molecule has 1 aliphatic rings. The van der Waals surface area contributed by atoms with Gasteiger partial charge in [0.05, 0.1) is 5.69 Å². The van der Waals surface area contributed by atoms with Crippen molar-refractivity contribution >= 4 is 0 Å². The molecule has 0 aliphatic heterocycles. The highest BCUT2D eigenvalue weighted by Crippen LogP contribution is 2.39. The number of hydrogen-bond donors (Lipinski definition) is 1. The zero-order valence-corrected chi connectivity index (χ0v) is 8.38. The highest BCUT2D eigenvalue weighted by atomic mass is 15.3. The fourth-order valence-electron chi connectivity index (χ4n) is 1.68. The maximum Gasteiger partial charge on any atom is 0.0640 e. The highest BCUT2D eigenvalue weighted by Gasteiger charge is 2.26. The van der Waals surface area contributed by atoms with E-state index in [1.54, 1.807) is 0 Å². The number of hydrogen-bond acceptors (Lipinski definition) is 2. The van der Waals surface area contributed by atoms with Gasteiger partial charge in [0.15, 0.2) is 0 Å². The van der Waals surface area contributed by atoms with E-state index in [0.717, 1.165) is 18.9 Å². The summed E-state index contributed by atoms with van der Waals surface area (Å²) in [5, 5.41) is 7.63. The first-order valence-corrected chi connectivity index (χ1v) is 4.98. The zero-order valence-electron chi connectivity index (χ0n) is 8.38. The van der Waals surface area contributed by atoms with Gasteiger partial charge in [-0.2, -0.15) is 5.10 Å². The Hall–Kier alpha value is -0.830. The van der Waals surface area contributed by atoms with Gasteiger partial charge in [-0.15, -0.1) is 0 Å². The standard InChI is InChI=1S/C10H17N3/c1-11-6-5-9-7-10(8-3-4-8)13(2)12-9/h7-8,11H,3-6H2,1-2H3. The first-order chi connectivity index (χ1) is 6.31. The normalized spacial score (nSPS) is 16.5. The Labute approximate surface area is 79.1 Å². The molecule has 1 aliphatic carbocycles. The van der Waals surface area contributed by atoms with Crippen molar-refractivity contribution in [1.29, 1.82) is 0 Å². The van der Waals surface area contributed by atoms with Gasteiger partial charge in [0.1, 0.15) is 0 Å². The number of aryl methyl sites for hydroxylation is 1. The fraction of sp³-hybridized carbons (Fsp3) is 0.700. The molecule has 2 rings (SSSR count). The minimum Gasteiger partial charge on any atom is -0.319 e. The Kier molecular flexibility index (Phi) is 2.36. The summed E-state index contributed by atoms with van der Waals surface area (Å²) in [6.07, 6.45) is 3.74. The molecule has 0 spiro atoms. The third kappa shape index (κ3) is 1.91. The number of aromatic nitrogens is 2. The van der Waals surface area contributed by atoms with E-state index in [4.69, 9.17) is 0 Å². The molecule has 0 amide bonds. The van der Waals surface area contributed by atoms with Crippen LogP contribution in [0, 0.1) is 0 Å². The summed E-state index contributed by atoms with van der Waals surface area (Å²) < 4.78 is 2.04. The van der Waals surface area contributed by atoms with Crippen molar-refractivity contribution in [2.75, 3.05) is 13.6 Å². The molecule has 0 aromatic carbocycles. The molecule has 72 valence electrons. The van der Waals surface area contributed by atoms with Crippen molar-refractivity contribution in [3.05, 3.63) is 17.5 Å². The summed E-state index contributed by atoms with van der Waals surface area (Å²) in [4.78, 5) is 0. The Morgan fingerprint density at radius 1 is 1.62 bits per heavy atom. The molecule has 1 saturated carbocycles. The molecule has 0 radical (unpaired) electrons.